The van der Waals surface area contributed by atoms with Crippen LogP contribution >= 0.6 is 11.8 Å². The van der Waals surface area contributed by atoms with Gasteiger partial charge in [-0.1, -0.05) is 60.6 Å². The maximum atomic E-state index is 12.8. The lowest BCUT2D eigenvalue weighted by Gasteiger charge is -2.17. The largest absolute Gasteiger partial charge is 0.351 e. The van der Waals surface area contributed by atoms with E-state index in [2.05, 4.69) is 61.4 Å². The zero-order valence-corrected chi connectivity index (χ0v) is 19.7. The van der Waals surface area contributed by atoms with Gasteiger partial charge in [0.1, 0.15) is 0 Å². The molecular weight excluding hydrogens is 414 g/mol. The van der Waals surface area contributed by atoms with Crippen LogP contribution in [-0.2, 0) is 6.54 Å². The number of likely N-dealkylation sites (N-methyl/N-ethyl adjacent to an activating group) is 1. The van der Waals surface area contributed by atoms with Crippen LogP contribution in [0, 0.1) is 6.92 Å². The molecule has 0 radical (unpaired) electrons. The van der Waals surface area contributed by atoms with E-state index < -0.39 is 0 Å². The van der Waals surface area contributed by atoms with Crippen LogP contribution in [-0.4, -0.2) is 36.7 Å². The summed E-state index contributed by atoms with van der Waals surface area (Å²) in [4.78, 5) is 22.2. The molecule has 0 aromatic heterocycles. The minimum atomic E-state index is -0.0586. The van der Waals surface area contributed by atoms with E-state index in [0.29, 0.717) is 12.1 Å². The number of nitrogens with zero attached hydrogens (tertiary/aromatic N) is 2. The Morgan fingerprint density at radius 3 is 2.59 bits per heavy atom. The molecule has 5 heteroatoms. The molecule has 4 nitrogen and oxygen atoms in total. The van der Waals surface area contributed by atoms with E-state index in [1.54, 1.807) is 11.8 Å². The quantitative estimate of drug-likeness (QED) is 0.498. The Hall–Kier alpha value is -2.89. The Morgan fingerprint density at radius 1 is 1.03 bits per heavy atom. The van der Waals surface area contributed by atoms with Gasteiger partial charge in [-0.05, 0) is 56.3 Å². The van der Waals surface area contributed by atoms with Gasteiger partial charge in [0.2, 0.25) is 0 Å². The molecular formula is C27H29N3OS. The Labute approximate surface area is 194 Å². The van der Waals surface area contributed by atoms with Crippen molar-refractivity contribution in [1.29, 1.82) is 0 Å². The third-order valence-electron chi connectivity index (χ3n) is 5.55. The molecule has 3 aromatic rings. The fourth-order valence-electron chi connectivity index (χ4n) is 3.82. The fourth-order valence-corrected chi connectivity index (χ4v) is 4.83. The van der Waals surface area contributed by atoms with Crippen molar-refractivity contribution in [3.8, 4) is 0 Å². The van der Waals surface area contributed by atoms with Gasteiger partial charge < -0.3 is 10.2 Å². The van der Waals surface area contributed by atoms with Crippen LogP contribution in [0.3, 0.4) is 0 Å². The Morgan fingerprint density at radius 2 is 1.81 bits per heavy atom. The lowest BCUT2D eigenvalue weighted by atomic mass is 10.0. The van der Waals surface area contributed by atoms with Gasteiger partial charge in [0.05, 0.1) is 5.69 Å². The van der Waals surface area contributed by atoms with Crippen molar-refractivity contribution in [2.75, 3.05) is 20.1 Å². The van der Waals surface area contributed by atoms with E-state index in [0.717, 1.165) is 35.8 Å². The van der Waals surface area contributed by atoms with Gasteiger partial charge >= 0.3 is 0 Å². The maximum absolute atomic E-state index is 12.8. The van der Waals surface area contributed by atoms with Gasteiger partial charge in [-0.2, -0.15) is 0 Å². The van der Waals surface area contributed by atoms with Crippen LogP contribution in [0.2, 0.25) is 0 Å². The Kier molecular flexibility index (Phi) is 7.08. The molecule has 0 saturated heterocycles. The first-order valence-corrected chi connectivity index (χ1v) is 11.9. The summed E-state index contributed by atoms with van der Waals surface area (Å²) in [6.07, 6.45) is 0.848. The van der Waals surface area contributed by atoms with Crippen LogP contribution in [0.1, 0.15) is 40.4 Å². The number of nitrogens with one attached hydrogen (secondary N) is 1. The van der Waals surface area contributed by atoms with E-state index in [4.69, 9.17) is 4.99 Å². The fraction of sp³-hybridized carbons (Fsp3) is 0.259. The van der Waals surface area contributed by atoms with E-state index in [1.807, 2.05) is 36.4 Å². The minimum absolute atomic E-state index is 0.0586. The lowest BCUT2D eigenvalue weighted by Crippen LogP contribution is -2.32. The zero-order valence-electron chi connectivity index (χ0n) is 18.9. The number of carbonyl (C=O) groups excluding carboxylic acids is 1. The van der Waals surface area contributed by atoms with Crippen molar-refractivity contribution in [3.63, 3.8) is 0 Å². The highest BCUT2D eigenvalue weighted by Crippen LogP contribution is 2.41. The summed E-state index contributed by atoms with van der Waals surface area (Å²) in [5.41, 5.74) is 6.28. The number of fused-ring (bicyclic) bond motifs is 2. The topological polar surface area (TPSA) is 44.7 Å². The highest BCUT2D eigenvalue weighted by Gasteiger charge is 2.18. The summed E-state index contributed by atoms with van der Waals surface area (Å²) in [5.74, 6) is -0.0586. The number of hydrogen-bond acceptors (Lipinski definition) is 4. The SMILES string of the molecule is CCC1=Nc2cc(C(=O)NCCN(C)Cc3ccccc3)ccc2Sc2ccc(C)cc21. The normalized spacial score (nSPS) is 12.6. The van der Waals surface area contributed by atoms with Crippen molar-refractivity contribution in [3.05, 3.63) is 89.0 Å². The van der Waals surface area contributed by atoms with Crippen LogP contribution in [0.15, 0.2) is 81.5 Å². The smallest absolute Gasteiger partial charge is 0.251 e. The van der Waals surface area contributed by atoms with Gasteiger partial charge in [-0.3, -0.25) is 9.79 Å². The number of carbonyl (C=O) groups is 1. The molecule has 0 saturated carbocycles. The number of aryl methyl sites for hydroxylation is 1. The summed E-state index contributed by atoms with van der Waals surface area (Å²) in [5, 5.41) is 3.05. The van der Waals surface area contributed by atoms with Gasteiger partial charge in [-0.25, -0.2) is 0 Å². The van der Waals surface area contributed by atoms with Crippen LogP contribution < -0.4 is 5.32 Å². The zero-order chi connectivity index (χ0) is 22.5. The standard InChI is InChI=1S/C27H29N3OS/c1-4-23-22-16-19(2)10-12-25(22)32-26-13-11-21(17-24(26)29-23)27(31)28-14-15-30(3)18-20-8-6-5-7-9-20/h5-13,16-17H,4,14-15,18H2,1-3H3,(H,28,31). The second kappa shape index (κ2) is 10.2. The van der Waals surface area contributed by atoms with E-state index >= 15 is 0 Å². The number of amides is 1. The molecule has 1 amide bonds. The van der Waals surface area contributed by atoms with Crippen molar-refractivity contribution in [2.24, 2.45) is 4.99 Å². The molecule has 0 fully saturated rings. The molecule has 3 aromatic carbocycles. The maximum Gasteiger partial charge on any atom is 0.251 e. The van der Waals surface area contributed by atoms with Crippen molar-refractivity contribution in [2.45, 2.75) is 36.6 Å². The average molecular weight is 444 g/mol. The molecule has 1 heterocycles. The number of aliphatic imine (C=N–C) groups is 1. The number of hydrogen-bond donors (Lipinski definition) is 1. The lowest BCUT2D eigenvalue weighted by molar-refractivity contribution is 0.0949. The van der Waals surface area contributed by atoms with Gasteiger partial charge in [-0.15, -0.1) is 0 Å². The molecule has 0 spiro atoms. The minimum Gasteiger partial charge on any atom is -0.351 e. The number of rotatable bonds is 7. The monoisotopic (exact) mass is 443 g/mol. The van der Waals surface area contributed by atoms with E-state index in [9.17, 15) is 4.79 Å². The molecule has 32 heavy (non-hydrogen) atoms. The predicted octanol–water partition coefficient (Wildman–Crippen LogP) is 5.85. The molecule has 0 bridgehead atoms. The van der Waals surface area contributed by atoms with E-state index in [-0.39, 0.29) is 5.91 Å². The molecule has 4 rings (SSSR count). The average Bonchev–Trinajstić information content (AvgIpc) is 2.95. The summed E-state index contributed by atoms with van der Waals surface area (Å²) in [6.45, 7) is 6.48. The molecule has 1 aliphatic heterocycles. The third-order valence-corrected chi connectivity index (χ3v) is 6.69. The summed E-state index contributed by atoms with van der Waals surface area (Å²) >= 11 is 1.72. The molecule has 164 valence electrons. The van der Waals surface area contributed by atoms with Crippen molar-refractivity contribution >= 4 is 29.1 Å². The molecule has 1 N–H and O–H groups in total. The number of benzene rings is 3. The molecule has 1 aliphatic rings. The second-order valence-corrected chi connectivity index (χ2v) is 9.26. The summed E-state index contributed by atoms with van der Waals surface area (Å²) in [7, 11) is 2.07. The summed E-state index contributed by atoms with van der Waals surface area (Å²) < 4.78 is 0. The second-order valence-electron chi connectivity index (χ2n) is 8.18. The highest BCUT2D eigenvalue weighted by molar-refractivity contribution is 7.99. The molecule has 0 aliphatic carbocycles. The van der Waals surface area contributed by atoms with Crippen molar-refractivity contribution in [1.82, 2.24) is 10.2 Å². The van der Waals surface area contributed by atoms with Gasteiger partial charge in [0.15, 0.2) is 0 Å². The predicted molar refractivity (Wildman–Crippen MR) is 133 cm³/mol. The first-order chi connectivity index (χ1) is 15.5. The van der Waals surface area contributed by atoms with Gasteiger partial charge in [0, 0.05) is 46.3 Å². The first kappa shape index (κ1) is 22.3. The third kappa shape index (κ3) is 5.29. The first-order valence-electron chi connectivity index (χ1n) is 11.0. The van der Waals surface area contributed by atoms with Gasteiger partial charge in [0.25, 0.3) is 5.91 Å². The van der Waals surface area contributed by atoms with E-state index in [1.165, 1.54) is 21.6 Å². The van der Waals surface area contributed by atoms with Crippen LogP contribution in [0.4, 0.5) is 5.69 Å². The highest BCUT2D eigenvalue weighted by atomic mass is 32.2. The molecule has 0 atom stereocenters. The summed E-state index contributed by atoms with van der Waals surface area (Å²) in [6, 6.07) is 22.7. The van der Waals surface area contributed by atoms with Crippen LogP contribution in [0.5, 0.6) is 0 Å². The van der Waals surface area contributed by atoms with Crippen LogP contribution in [0.25, 0.3) is 0 Å². The Bertz CT molecular complexity index is 1140. The molecule has 0 unspecified atom stereocenters. The van der Waals surface area contributed by atoms with Crippen molar-refractivity contribution < 1.29 is 4.79 Å². The Balaban J connectivity index is 1.43.